The van der Waals surface area contributed by atoms with Crippen LogP contribution in [0, 0.1) is 0 Å². The van der Waals surface area contributed by atoms with Crippen molar-refractivity contribution in [1.29, 1.82) is 0 Å². The number of carbonyl (C=O) groups excluding carboxylic acids is 7. The van der Waals surface area contributed by atoms with Crippen LogP contribution in [0.4, 0.5) is 13.2 Å². The van der Waals surface area contributed by atoms with E-state index in [1.807, 2.05) is 35.2 Å². The van der Waals surface area contributed by atoms with E-state index < -0.39 is 42.9 Å². The van der Waals surface area contributed by atoms with Crippen LogP contribution in [-0.2, 0) is 32.3 Å². The van der Waals surface area contributed by atoms with Crippen molar-refractivity contribution in [2.75, 3.05) is 32.9 Å². The van der Waals surface area contributed by atoms with E-state index in [0.717, 1.165) is 55.5 Å². The van der Waals surface area contributed by atoms with Gasteiger partial charge >= 0.3 is 0 Å². The van der Waals surface area contributed by atoms with Gasteiger partial charge in [-0.2, -0.15) is 0 Å². The first kappa shape index (κ1) is 50.6. The third-order valence-corrected chi connectivity index (χ3v) is 13.9. The molecule has 6 amide bonds. The molecule has 3 N–H and O–H groups in total. The fourth-order valence-electron chi connectivity index (χ4n) is 10.2. The number of ketones is 1. The summed E-state index contributed by atoms with van der Waals surface area (Å²) in [6.07, 6.45) is 2.56. The predicted octanol–water partition coefficient (Wildman–Crippen LogP) is 6.81. The number of benzene rings is 4. The summed E-state index contributed by atoms with van der Waals surface area (Å²) in [6.45, 7) is 3.10. The molecule has 4 aromatic carbocycles. The molecule has 6 heterocycles. The van der Waals surface area contributed by atoms with Crippen LogP contribution in [0.5, 0.6) is 0 Å². The lowest BCUT2D eigenvalue weighted by Crippen LogP contribution is -2.52. The summed E-state index contributed by atoms with van der Waals surface area (Å²) in [5.74, 6) is -1.31. The second-order valence-corrected chi connectivity index (χ2v) is 18.1. The number of imide groups is 2. The number of halogens is 4. The van der Waals surface area contributed by atoms with Crippen LogP contribution in [0.1, 0.15) is 128 Å². The van der Waals surface area contributed by atoms with Crippen LogP contribution in [0.15, 0.2) is 97.1 Å². The van der Waals surface area contributed by atoms with Crippen molar-refractivity contribution >= 4 is 53.6 Å². The predicted molar refractivity (Wildman–Crippen MR) is 253 cm³/mol. The Kier molecular flexibility index (Phi) is 16.8. The molecule has 4 saturated heterocycles. The molecule has 0 saturated carbocycles. The maximum absolute atomic E-state index is 13.9. The Bertz CT molecular complexity index is 2540. The maximum atomic E-state index is 13.9. The molecular weight excluding hydrogens is 913 g/mol. The molecular formula is C52H56ClF3N6O7. The first-order valence-corrected chi connectivity index (χ1v) is 23.4. The molecule has 69 heavy (non-hydrogen) atoms. The van der Waals surface area contributed by atoms with Crippen molar-refractivity contribution in [1.82, 2.24) is 30.7 Å². The number of piperidine rings is 4. The standard InChI is InChI=1S/C26H27F2N3O3.C18H21N3O3.C8H7FO.ClH/c27-24(28)23(17-4-2-1-3-5-17)30-12-10-16(11-13-30)18-6-7-20-19(14-18)15-31(26(20)34)21-8-9-22(32)29-25(21)33;22-16-4-3-15(17(23)20-16)21-10-13-9-12(1-2-14(13)18(21)24)11-5-7-19-8-6-11;9-6-8(10)7-4-2-1-3-5-7;/h1-7,14,16,21,23-24H,8-13,15H2,(H,29,32,33);1-2,9,11,15,19H,3-8,10H2,(H,20,22,23);1-5H,6H2;1H. The average Bonchev–Trinajstić information content (AvgIpc) is 3.86. The minimum atomic E-state index is -2.46. The maximum Gasteiger partial charge on any atom is 0.258 e. The summed E-state index contributed by atoms with van der Waals surface area (Å²) in [6, 6.07) is 27.2. The molecule has 10 rings (SSSR count). The van der Waals surface area contributed by atoms with Gasteiger partial charge in [-0.3, -0.25) is 49.1 Å². The van der Waals surface area contributed by atoms with Crippen LogP contribution >= 0.6 is 12.4 Å². The minimum absolute atomic E-state index is 0. The fourth-order valence-corrected chi connectivity index (χ4v) is 10.2. The largest absolute Gasteiger partial charge is 0.322 e. The number of carbonyl (C=O) groups is 7. The van der Waals surface area contributed by atoms with Crippen molar-refractivity contribution in [2.45, 2.75) is 101 Å². The lowest BCUT2D eigenvalue weighted by atomic mass is 9.87. The summed E-state index contributed by atoms with van der Waals surface area (Å²) in [5, 5.41) is 8.03. The SMILES string of the molecule is Cl.O=C(CF)c1ccccc1.O=C1CCC(N2Cc3cc(C4CCN(C(c5ccccc5)C(F)F)CC4)ccc3C2=O)C(=O)N1.O=C1CCC(N2Cc3cc(C4CCNCC4)ccc3C2=O)C(=O)N1. The topological polar surface area (TPSA) is 165 Å². The highest BCUT2D eigenvalue weighted by atomic mass is 35.5. The lowest BCUT2D eigenvalue weighted by Gasteiger charge is -2.37. The third kappa shape index (κ3) is 11.6. The molecule has 17 heteroatoms. The molecule has 6 aliphatic heterocycles. The van der Waals surface area contributed by atoms with Gasteiger partial charge in [0.25, 0.3) is 18.2 Å². The Morgan fingerprint density at radius 1 is 0.609 bits per heavy atom. The van der Waals surface area contributed by atoms with E-state index in [2.05, 4.69) is 28.1 Å². The van der Waals surface area contributed by atoms with E-state index in [9.17, 15) is 46.7 Å². The molecule has 6 aliphatic rings. The molecule has 0 radical (unpaired) electrons. The van der Waals surface area contributed by atoms with E-state index in [1.165, 1.54) is 5.56 Å². The molecule has 0 bridgehead atoms. The van der Waals surface area contributed by atoms with Gasteiger partial charge in [-0.25, -0.2) is 13.2 Å². The Hall–Kier alpha value is -6.23. The summed E-state index contributed by atoms with van der Waals surface area (Å²) in [7, 11) is 0. The number of rotatable bonds is 9. The summed E-state index contributed by atoms with van der Waals surface area (Å²) < 4.78 is 39.5. The molecule has 3 unspecified atom stereocenters. The molecule has 0 aliphatic carbocycles. The first-order valence-electron chi connectivity index (χ1n) is 23.4. The van der Waals surface area contributed by atoms with Gasteiger partial charge in [0.2, 0.25) is 23.6 Å². The van der Waals surface area contributed by atoms with Gasteiger partial charge < -0.3 is 15.1 Å². The van der Waals surface area contributed by atoms with Crippen molar-refractivity contribution in [3.63, 3.8) is 0 Å². The van der Waals surface area contributed by atoms with Gasteiger partial charge in [0, 0.05) is 42.6 Å². The highest BCUT2D eigenvalue weighted by molar-refractivity contribution is 6.06. The van der Waals surface area contributed by atoms with Crippen LogP contribution < -0.4 is 16.0 Å². The van der Waals surface area contributed by atoms with Crippen molar-refractivity contribution in [3.05, 3.63) is 142 Å². The molecule has 13 nitrogen and oxygen atoms in total. The number of alkyl halides is 3. The zero-order valence-corrected chi connectivity index (χ0v) is 38.9. The average molecular weight is 970 g/mol. The number of hydrogen-bond acceptors (Lipinski definition) is 9. The molecule has 3 atom stereocenters. The van der Waals surface area contributed by atoms with Crippen LogP contribution in [-0.4, -0.2) is 107 Å². The van der Waals surface area contributed by atoms with Gasteiger partial charge in [-0.05, 0) is 116 Å². The van der Waals surface area contributed by atoms with E-state index >= 15 is 0 Å². The molecule has 0 spiro atoms. The van der Waals surface area contributed by atoms with Gasteiger partial charge in [0.05, 0.1) is 6.04 Å². The van der Waals surface area contributed by atoms with Gasteiger partial charge in [-0.1, -0.05) is 84.9 Å². The summed E-state index contributed by atoms with van der Waals surface area (Å²) >= 11 is 0. The number of nitrogens with one attached hydrogen (secondary N) is 3. The highest BCUT2D eigenvalue weighted by Crippen LogP contribution is 2.38. The quantitative estimate of drug-likeness (QED) is 0.121. The van der Waals surface area contributed by atoms with Crippen LogP contribution in [0.2, 0.25) is 0 Å². The van der Waals surface area contributed by atoms with Crippen molar-refractivity contribution in [3.8, 4) is 0 Å². The number of Topliss-reactive ketones (excluding diaryl/α,β-unsaturated/α-hetero) is 1. The van der Waals surface area contributed by atoms with Crippen molar-refractivity contribution in [2.24, 2.45) is 0 Å². The monoisotopic (exact) mass is 968 g/mol. The fraction of sp³-hybridized carbons (Fsp3) is 0.404. The second kappa shape index (κ2) is 22.9. The third-order valence-electron chi connectivity index (χ3n) is 13.9. The lowest BCUT2D eigenvalue weighted by molar-refractivity contribution is -0.138. The van der Waals surface area contributed by atoms with Crippen LogP contribution in [0.3, 0.4) is 0 Å². The van der Waals surface area contributed by atoms with E-state index in [4.69, 9.17) is 0 Å². The van der Waals surface area contributed by atoms with E-state index in [1.54, 1.807) is 64.4 Å². The van der Waals surface area contributed by atoms with E-state index in [0.29, 0.717) is 67.2 Å². The molecule has 0 aromatic heterocycles. The Morgan fingerprint density at radius 2 is 1.07 bits per heavy atom. The van der Waals surface area contributed by atoms with Crippen LogP contribution in [0.25, 0.3) is 0 Å². The first-order chi connectivity index (χ1) is 32.9. The van der Waals surface area contributed by atoms with Crippen molar-refractivity contribution < 1.29 is 46.7 Å². The zero-order valence-electron chi connectivity index (χ0n) is 38.0. The summed E-state index contributed by atoms with van der Waals surface area (Å²) in [4.78, 5) is 88.3. The normalized spacial score (nSPS) is 21.2. The van der Waals surface area contributed by atoms with Gasteiger partial charge in [0.15, 0.2) is 12.5 Å². The molecule has 364 valence electrons. The Balaban J connectivity index is 0.000000174. The number of fused-ring (bicyclic) bond motifs is 2. The summed E-state index contributed by atoms with van der Waals surface area (Å²) in [5.41, 5.74) is 6.62. The molecule has 4 fully saturated rings. The second-order valence-electron chi connectivity index (χ2n) is 18.1. The Morgan fingerprint density at radius 3 is 1.52 bits per heavy atom. The smallest absolute Gasteiger partial charge is 0.258 e. The number of hydrogen-bond donors (Lipinski definition) is 3. The minimum Gasteiger partial charge on any atom is -0.322 e. The number of amides is 6. The number of likely N-dealkylation sites (tertiary alicyclic amines) is 1. The Labute approximate surface area is 405 Å². The van der Waals surface area contributed by atoms with E-state index in [-0.39, 0.29) is 60.7 Å². The highest BCUT2D eigenvalue weighted by Gasteiger charge is 2.41. The number of nitrogens with zero attached hydrogens (tertiary/aromatic N) is 3. The zero-order chi connectivity index (χ0) is 47.9. The van der Waals surface area contributed by atoms with Gasteiger partial charge in [-0.15, -0.1) is 12.4 Å². The molecule has 4 aromatic rings. The van der Waals surface area contributed by atoms with Gasteiger partial charge in [0.1, 0.15) is 12.1 Å².